The number of hydrogen-bond acceptors (Lipinski definition) is 1. The summed E-state index contributed by atoms with van der Waals surface area (Å²) in [6.07, 6.45) is -0.0631. The summed E-state index contributed by atoms with van der Waals surface area (Å²) in [6, 6.07) is 34.6. The van der Waals surface area contributed by atoms with Crippen LogP contribution in [0.1, 0.15) is 50.5 Å². The maximum Gasteiger partial charge on any atom is -1.00 e. The molecule has 0 heterocycles. The molecule has 0 aromatic heterocycles. The molecule has 1 unspecified atom stereocenters. The molecule has 0 radical (unpaired) electrons. The molecule has 1 aliphatic carbocycles. The van der Waals surface area contributed by atoms with Crippen molar-refractivity contribution in [1.82, 2.24) is 0 Å². The molecule has 4 aromatic carbocycles. The van der Waals surface area contributed by atoms with E-state index in [9.17, 15) is 0 Å². The van der Waals surface area contributed by atoms with Crippen LogP contribution in [0.3, 0.4) is 0 Å². The standard InChI is InChI=1S/C19H19.C13H11O.2ClH.Ti/c1-12-13(2)15(4)19(14(12)3)18-10-9-16-7-5-6-8-17(16)11-18;14-13(11-7-3-1-4-8-11)12-9-5-2-6-10-12;;;/h5-10,14H,1-4H3;1-10,13H;2*1H;/q;-1;;;+3/p-2. The van der Waals surface area contributed by atoms with E-state index in [1.807, 2.05) is 0 Å². The molecular formula is C32H30Cl2OTi. The van der Waals surface area contributed by atoms with E-state index in [0.29, 0.717) is 5.92 Å². The van der Waals surface area contributed by atoms with E-state index < -0.39 is 19.5 Å². The first-order valence-electron chi connectivity index (χ1n) is 12.0. The van der Waals surface area contributed by atoms with Crippen LogP contribution in [0.4, 0.5) is 0 Å². The minimum absolute atomic E-state index is 0. The Kier molecular flexibility index (Phi) is 9.81. The molecule has 4 aromatic rings. The van der Waals surface area contributed by atoms with Crippen LogP contribution in [0, 0.1) is 5.92 Å². The van der Waals surface area contributed by atoms with Gasteiger partial charge in [-0.15, -0.1) is 0 Å². The van der Waals surface area contributed by atoms with Gasteiger partial charge < -0.3 is 24.8 Å². The second-order valence-electron chi connectivity index (χ2n) is 9.20. The van der Waals surface area contributed by atoms with Gasteiger partial charge in [-0.3, -0.25) is 0 Å². The third kappa shape index (κ3) is 5.42. The summed E-state index contributed by atoms with van der Waals surface area (Å²) in [5.74, 6) is 0.436. The molecule has 0 fully saturated rings. The summed E-state index contributed by atoms with van der Waals surface area (Å²) in [4.78, 5) is 0. The number of benzene rings is 4. The number of rotatable bonds is 6. The summed E-state index contributed by atoms with van der Waals surface area (Å²) in [7, 11) is 0. The van der Waals surface area contributed by atoms with Gasteiger partial charge in [0.2, 0.25) is 0 Å². The predicted molar refractivity (Wildman–Crippen MR) is 140 cm³/mol. The van der Waals surface area contributed by atoms with Crippen molar-refractivity contribution in [2.45, 2.75) is 33.8 Å². The fourth-order valence-electron chi connectivity index (χ4n) is 5.11. The first kappa shape index (κ1) is 28.4. The average molecular weight is 549 g/mol. The van der Waals surface area contributed by atoms with Crippen molar-refractivity contribution in [3.05, 3.63) is 130 Å². The average Bonchev–Trinajstić information content (AvgIpc) is 3.07. The van der Waals surface area contributed by atoms with Crippen molar-refractivity contribution in [2.75, 3.05) is 0 Å². The SMILES string of the molecule is CC1=C(C)C(C)C(c2ccc3ccccc3[c]2[Ti+2][O]C(c2ccccc2)c2ccccc2)=C1C.[Cl-].[Cl-]. The van der Waals surface area contributed by atoms with Gasteiger partial charge in [0.05, 0.1) is 0 Å². The van der Waals surface area contributed by atoms with Gasteiger partial charge in [-0.25, -0.2) is 0 Å². The summed E-state index contributed by atoms with van der Waals surface area (Å²) < 4.78 is 8.32. The Morgan fingerprint density at radius 2 is 1.22 bits per heavy atom. The van der Waals surface area contributed by atoms with E-state index in [1.165, 1.54) is 53.6 Å². The maximum atomic E-state index is 6.92. The van der Waals surface area contributed by atoms with E-state index in [1.54, 1.807) is 0 Å². The van der Waals surface area contributed by atoms with Crippen molar-refractivity contribution < 1.29 is 47.7 Å². The molecule has 1 nitrogen and oxygen atoms in total. The fourth-order valence-corrected chi connectivity index (χ4v) is 6.94. The fraction of sp³-hybridized carbons (Fsp3) is 0.188. The van der Waals surface area contributed by atoms with Gasteiger partial charge in [-0.2, -0.15) is 0 Å². The molecule has 1 aliphatic rings. The van der Waals surface area contributed by atoms with Crippen molar-refractivity contribution >= 4 is 20.2 Å². The van der Waals surface area contributed by atoms with Crippen LogP contribution in [0.2, 0.25) is 0 Å². The second kappa shape index (κ2) is 12.4. The zero-order chi connectivity index (χ0) is 23.7. The number of hydrogen-bond donors (Lipinski definition) is 0. The summed E-state index contributed by atoms with van der Waals surface area (Å²) in [6.45, 7) is 9.18. The maximum absolute atomic E-state index is 6.92. The second-order valence-corrected chi connectivity index (χ2v) is 10.7. The van der Waals surface area contributed by atoms with Crippen molar-refractivity contribution in [3.8, 4) is 0 Å². The largest absolute Gasteiger partial charge is 1.00 e. The minimum Gasteiger partial charge on any atom is -1.00 e. The Bertz CT molecular complexity index is 1350. The molecule has 0 saturated carbocycles. The van der Waals surface area contributed by atoms with Crippen LogP contribution >= 0.6 is 0 Å². The predicted octanol–water partition coefficient (Wildman–Crippen LogP) is 2.04. The molecule has 0 N–H and O–H groups in total. The summed E-state index contributed by atoms with van der Waals surface area (Å²) in [5, 5.41) is 2.62. The van der Waals surface area contributed by atoms with Crippen LogP contribution in [0.15, 0.2) is 114 Å². The Morgan fingerprint density at radius 1 is 0.667 bits per heavy atom. The first-order valence-corrected chi connectivity index (χ1v) is 13.4. The molecule has 1 atom stereocenters. The molecule has 182 valence electrons. The molecule has 0 aliphatic heterocycles. The molecule has 4 heteroatoms. The molecular weight excluding hydrogens is 519 g/mol. The van der Waals surface area contributed by atoms with Crippen LogP contribution < -0.4 is 28.7 Å². The van der Waals surface area contributed by atoms with E-state index in [4.69, 9.17) is 3.32 Å². The van der Waals surface area contributed by atoms with Crippen LogP contribution in [-0.4, -0.2) is 0 Å². The van der Waals surface area contributed by atoms with Crippen molar-refractivity contribution in [1.29, 1.82) is 0 Å². The van der Waals surface area contributed by atoms with E-state index in [0.717, 1.165) is 0 Å². The van der Waals surface area contributed by atoms with Gasteiger partial charge in [0, 0.05) is 0 Å². The Hall–Kier alpha value is -2.13. The smallest absolute Gasteiger partial charge is 1.00 e. The third-order valence-corrected chi connectivity index (χ3v) is 9.06. The van der Waals surface area contributed by atoms with E-state index in [-0.39, 0.29) is 30.9 Å². The van der Waals surface area contributed by atoms with Gasteiger partial charge in [0.15, 0.2) is 0 Å². The van der Waals surface area contributed by atoms with Crippen LogP contribution in [0.25, 0.3) is 16.3 Å². The zero-order valence-electron chi connectivity index (χ0n) is 21.1. The monoisotopic (exact) mass is 548 g/mol. The summed E-state index contributed by atoms with van der Waals surface area (Å²) in [5.41, 5.74) is 9.61. The Balaban J connectivity index is 0.00000180. The molecule has 0 amide bonds. The minimum atomic E-state index is -0.902. The van der Waals surface area contributed by atoms with Gasteiger partial charge in [-0.05, 0) is 0 Å². The van der Waals surface area contributed by atoms with Gasteiger partial charge in [-0.1, -0.05) is 0 Å². The third-order valence-electron chi connectivity index (χ3n) is 7.34. The Morgan fingerprint density at radius 3 is 1.78 bits per heavy atom. The quantitative estimate of drug-likeness (QED) is 0.335. The number of halogens is 2. The van der Waals surface area contributed by atoms with Gasteiger partial charge in [0.1, 0.15) is 0 Å². The zero-order valence-corrected chi connectivity index (χ0v) is 24.1. The Labute approximate surface area is 236 Å². The number of allylic oxidation sites excluding steroid dienone is 4. The molecule has 0 saturated heterocycles. The normalized spacial score (nSPS) is 15.1. The van der Waals surface area contributed by atoms with E-state index in [2.05, 4.69) is 125 Å². The molecule has 5 rings (SSSR count). The topological polar surface area (TPSA) is 9.23 Å². The van der Waals surface area contributed by atoms with Crippen LogP contribution in [0.5, 0.6) is 0 Å². The van der Waals surface area contributed by atoms with Gasteiger partial charge in [0.25, 0.3) is 0 Å². The van der Waals surface area contributed by atoms with Gasteiger partial charge >= 0.3 is 213 Å². The summed E-state index contributed by atoms with van der Waals surface area (Å²) >= 11 is -0.902. The molecule has 36 heavy (non-hydrogen) atoms. The molecule has 0 bridgehead atoms. The number of fused-ring (bicyclic) bond motifs is 1. The van der Waals surface area contributed by atoms with Crippen molar-refractivity contribution in [3.63, 3.8) is 0 Å². The molecule has 0 spiro atoms. The first-order chi connectivity index (χ1) is 16.6. The van der Waals surface area contributed by atoms with Crippen molar-refractivity contribution in [2.24, 2.45) is 5.92 Å². The van der Waals surface area contributed by atoms with Crippen LogP contribution in [-0.2, 0) is 22.9 Å². The van der Waals surface area contributed by atoms with E-state index >= 15 is 0 Å².